The normalized spacial score (nSPS) is 14.4. The Balaban J connectivity index is 1.26. The highest BCUT2D eigenvalue weighted by Gasteiger charge is 2.34. The van der Waals surface area contributed by atoms with Gasteiger partial charge in [-0.15, -0.1) is 0 Å². The van der Waals surface area contributed by atoms with Gasteiger partial charge in [0.15, 0.2) is 0 Å². The topological polar surface area (TPSA) is 94.7 Å². The third-order valence-corrected chi connectivity index (χ3v) is 7.03. The lowest BCUT2D eigenvalue weighted by Crippen LogP contribution is -2.03. The minimum Gasteiger partial charge on any atom is -0.478 e. The van der Waals surface area contributed by atoms with Gasteiger partial charge in [0.25, 0.3) is 0 Å². The van der Waals surface area contributed by atoms with Crippen LogP contribution in [0.5, 0.6) is 17.4 Å². The van der Waals surface area contributed by atoms with Crippen LogP contribution in [0.2, 0.25) is 10.0 Å². The lowest BCUT2D eigenvalue weighted by molar-refractivity contribution is 0.0696. The van der Waals surface area contributed by atoms with Crippen molar-refractivity contribution in [2.45, 2.75) is 38.2 Å². The highest BCUT2D eigenvalue weighted by molar-refractivity contribution is 6.39. The third kappa shape index (κ3) is 4.29. The van der Waals surface area contributed by atoms with E-state index in [4.69, 9.17) is 37.2 Å². The molecule has 1 aliphatic carbocycles. The van der Waals surface area contributed by atoms with Gasteiger partial charge in [-0.05, 0) is 67.6 Å². The minimum atomic E-state index is -0.967. The molecule has 0 spiro atoms. The standard InChI is InChI=1S/C27H20Cl2N2O5/c28-18-2-1-3-19(29)24(18)25-17(26(36-31-25)14-4-5-14)13-34-23-11-10-22-20(30-23)8-6-15-12-16(27(32)33)7-9-21(15)35-22/h1-3,7,9-12,14H,4-6,8,13H2,(H,32,33). The van der Waals surface area contributed by atoms with E-state index in [1.54, 1.807) is 36.4 Å². The number of ether oxygens (including phenoxy) is 2. The number of carbonyl (C=O) groups is 1. The van der Waals surface area contributed by atoms with Crippen LogP contribution in [0.1, 0.15) is 51.7 Å². The van der Waals surface area contributed by atoms with Gasteiger partial charge in [0, 0.05) is 17.5 Å². The summed E-state index contributed by atoms with van der Waals surface area (Å²) in [6, 6.07) is 13.8. The van der Waals surface area contributed by atoms with Crippen LogP contribution < -0.4 is 9.47 Å². The number of aromatic carboxylic acids is 1. The summed E-state index contributed by atoms with van der Waals surface area (Å²) in [5.74, 6) is 1.83. The predicted octanol–water partition coefficient (Wildman–Crippen LogP) is 7.09. The van der Waals surface area contributed by atoms with Crippen molar-refractivity contribution in [1.29, 1.82) is 0 Å². The van der Waals surface area contributed by atoms with Gasteiger partial charge >= 0.3 is 5.97 Å². The van der Waals surface area contributed by atoms with Crippen LogP contribution in [0.15, 0.2) is 53.1 Å². The minimum absolute atomic E-state index is 0.195. The van der Waals surface area contributed by atoms with Crippen LogP contribution >= 0.6 is 23.2 Å². The van der Waals surface area contributed by atoms with Crippen molar-refractivity contribution in [2.24, 2.45) is 0 Å². The summed E-state index contributed by atoms with van der Waals surface area (Å²) in [4.78, 5) is 16.0. The zero-order valence-corrected chi connectivity index (χ0v) is 20.5. The predicted molar refractivity (Wildman–Crippen MR) is 133 cm³/mol. The van der Waals surface area contributed by atoms with Crippen LogP contribution in [0, 0.1) is 0 Å². The molecule has 2 aliphatic rings. The maximum atomic E-state index is 11.3. The molecule has 0 unspecified atom stereocenters. The summed E-state index contributed by atoms with van der Waals surface area (Å²) < 4.78 is 17.9. The van der Waals surface area contributed by atoms with Crippen molar-refractivity contribution in [1.82, 2.24) is 10.1 Å². The largest absolute Gasteiger partial charge is 0.478 e. The molecule has 1 N–H and O–H groups in total. The Labute approximate surface area is 216 Å². The quantitative estimate of drug-likeness (QED) is 0.288. The fraction of sp³-hybridized carbons (Fsp3) is 0.222. The van der Waals surface area contributed by atoms with E-state index in [1.165, 1.54) is 6.07 Å². The van der Waals surface area contributed by atoms with Gasteiger partial charge in [0.05, 0.1) is 26.9 Å². The zero-order valence-electron chi connectivity index (χ0n) is 19.0. The van der Waals surface area contributed by atoms with Gasteiger partial charge in [-0.1, -0.05) is 34.4 Å². The lowest BCUT2D eigenvalue weighted by Gasteiger charge is -2.11. The second-order valence-corrected chi connectivity index (χ2v) is 9.67. The molecular formula is C27H20Cl2N2O5. The fourth-order valence-electron chi connectivity index (χ4n) is 4.39. The van der Waals surface area contributed by atoms with Crippen LogP contribution in [0.25, 0.3) is 11.3 Å². The number of nitrogens with zero attached hydrogens (tertiary/aromatic N) is 2. The molecule has 1 fully saturated rings. The molecule has 36 heavy (non-hydrogen) atoms. The molecule has 2 aromatic heterocycles. The first kappa shape index (κ1) is 22.9. The first-order valence-electron chi connectivity index (χ1n) is 11.6. The number of pyridine rings is 1. The van der Waals surface area contributed by atoms with E-state index in [1.807, 2.05) is 6.07 Å². The summed E-state index contributed by atoms with van der Waals surface area (Å²) in [6.45, 7) is 0.195. The second-order valence-electron chi connectivity index (χ2n) is 8.86. The van der Waals surface area contributed by atoms with Crippen molar-refractivity contribution >= 4 is 29.2 Å². The van der Waals surface area contributed by atoms with Crippen molar-refractivity contribution in [3.8, 4) is 28.6 Å². The van der Waals surface area contributed by atoms with E-state index in [-0.39, 0.29) is 12.2 Å². The number of carboxylic acids is 1. The first-order chi connectivity index (χ1) is 17.5. The molecule has 9 heteroatoms. The summed E-state index contributed by atoms with van der Waals surface area (Å²) in [5.41, 5.74) is 3.81. The summed E-state index contributed by atoms with van der Waals surface area (Å²) in [7, 11) is 0. The van der Waals surface area contributed by atoms with E-state index in [0.29, 0.717) is 57.4 Å². The molecule has 0 atom stereocenters. The van der Waals surface area contributed by atoms with Gasteiger partial charge in [-0.2, -0.15) is 0 Å². The Morgan fingerprint density at radius 1 is 1.06 bits per heavy atom. The van der Waals surface area contributed by atoms with Gasteiger partial charge in [-0.25, -0.2) is 9.78 Å². The molecule has 0 saturated heterocycles. The number of hydrogen-bond donors (Lipinski definition) is 1. The highest BCUT2D eigenvalue weighted by atomic mass is 35.5. The SMILES string of the molecule is O=C(O)c1ccc2c(c1)CCc1nc(OCc3c(-c4c(Cl)cccc4Cl)noc3C3CC3)ccc1O2. The summed E-state index contributed by atoms with van der Waals surface area (Å²) in [6.07, 6.45) is 3.27. The van der Waals surface area contributed by atoms with E-state index in [2.05, 4.69) is 10.1 Å². The monoisotopic (exact) mass is 522 g/mol. The molecule has 0 radical (unpaired) electrons. The van der Waals surface area contributed by atoms with Crippen LogP contribution in [0.3, 0.4) is 0 Å². The maximum Gasteiger partial charge on any atom is 0.335 e. The maximum absolute atomic E-state index is 11.3. The molecule has 1 aliphatic heterocycles. The molecule has 2 aromatic carbocycles. The van der Waals surface area contributed by atoms with Crippen molar-refractivity contribution in [3.05, 3.63) is 86.7 Å². The molecule has 0 amide bonds. The molecule has 3 heterocycles. The van der Waals surface area contributed by atoms with Crippen molar-refractivity contribution in [3.63, 3.8) is 0 Å². The van der Waals surface area contributed by atoms with E-state index in [9.17, 15) is 9.90 Å². The Hall–Kier alpha value is -3.55. The zero-order chi connectivity index (χ0) is 24.8. The van der Waals surface area contributed by atoms with Gasteiger partial charge in [0.2, 0.25) is 5.88 Å². The van der Waals surface area contributed by atoms with Gasteiger partial charge in [-0.3, -0.25) is 0 Å². The van der Waals surface area contributed by atoms with Gasteiger partial charge in [0.1, 0.15) is 29.6 Å². The number of aromatic nitrogens is 2. The van der Waals surface area contributed by atoms with E-state index in [0.717, 1.165) is 35.4 Å². The number of benzene rings is 2. The number of hydrogen-bond acceptors (Lipinski definition) is 6. The van der Waals surface area contributed by atoms with Crippen LogP contribution in [0.4, 0.5) is 0 Å². The van der Waals surface area contributed by atoms with Crippen LogP contribution in [-0.2, 0) is 19.4 Å². The average molecular weight is 523 g/mol. The first-order valence-corrected chi connectivity index (χ1v) is 12.3. The van der Waals surface area contributed by atoms with Crippen molar-refractivity contribution < 1.29 is 23.9 Å². The Kier molecular flexibility index (Phi) is 5.82. The van der Waals surface area contributed by atoms with E-state index >= 15 is 0 Å². The molecule has 1 saturated carbocycles. The number of rotatable bonds is 6. The summed E-state index contributed by atoms with van der Waals surface area (Å²) in [5, 5.41) is 14.6. The Morgan fingerprint density at radius 2 is 1.83 bits per heavy atom. The van der Waals surface area contributed by atoms with Crippen molar-refractivity contribution in [2.75, 3.05) is 0 Å². The molecule has 6 rings (SSSR count). The van der Waals surface area contributed by atoms with Gasteiger partial charge < -0.3 is 19.1 Å². The number of halogens is 2. The fourth-order valence-corrected chi connectivity index (χ4v) is 4.97. The third-order valence-electron chi connectivity index (χ3n) is 6.40. The van der Waals surface area contributed by atoms with E-state index < -0.39 is 5.97 Å². The molecular weight excluding hydrogens is 503 g/mol. The lowest BCUT2D eigenvalue weighted by atomic mass is 10.0. The second kappa shape index (κ2) is 9.15. The number of carboxylic acid groups (broad SMARTS) is 1. The molecule has 0 bridgehead atoms. The highest BCUT2D eigenvalue weighted by Crippen LogP contribution is 2.46. The van der Waals surface area contributed by atoms with Crippen LogP contribution in [-0.4, -0.2) is 21.2 Å². The molecule has 7 nitrogen and oxygen atoms in total. The Morgan fingerprint density at radius 3 is 2.58 bits per heavy atom. The average Bonchev–Trinajstić information content (AvgIpc) is 3.65. The molecule has 182 valence electrons. The summed E-state index contributed by atoms with van der Waals surface area (Å²) >= 11 is 12.9. The number of fused-ring (bicyclic) bond motifs is 2. The number of aryl methyl sites for hydroxylation is 2. The Bertz CT molecular complexity index is 1480. The molecule has 4 aromatic rings. The smallest absolute Gasteiger partial charge is 0.335 e.